The van der Waals surface area contributed by atoms with Gasteiger partial charge in [-0.05, 0) is 74.4 Å². The van der Waals surface area contributed by atoms with Crippen molar-refractivity contribution < 1.29 is 9.18 Å². The van der Waals surface area contributed by atoms with Crippen molar-refractivity contribution in [2.45, 2.75) is 39.8 Å². The molecule has 1 aliphatic heterocycles. The fraction of sp³-hybridized carbons (Fsp3) is 0.458. The molecule has 0 radical (unpaired) electrons. The molecule has 2 aromatic rings. The van der Waals surface area contributed by atoms with Crippen LogP contribution in [0.4, 0.5) is 10.1 Å². The zero-order chi connectivity index (χ0) is 20.6. The summed E-state index contributed by atoms with van der Waals surface area (Å²) in [5.74, 6) is -0.0389. The van der Waals surface area contributed by atoms with Crippen LogP contribution >= 0.6 is 0 Å². The van der Waals surface area contributed by atoms with E-state index in [1.54, 1.807) is 0 Å². The van der Waals surface area contributed by atoms with Crippen LogP contribution < -0.4 is 5.32 Å². The van der Waals surface area contributed by atoms with Gasteiger partial charge in [-0.3, -0.25) is 14.6 Å². The van der Waals surface area contributed by atoms with Crippen molar-refractivity contribution in [3.63, 3.8) is 0 Å². The summed E-state index contributed by atoms with van der Waals surface area (Å²) >= 11 is 0. The summed E-state index contributed by atoms with van der Waals surface area (Å²) < 4.78 is 13.0. The second kappa shape index (κ2) is 10.5. The minimum Gasteiger partial charge on any atom is -0.326 e. The highest BCUT2D eigenvalue weighted by Crippen LogP contribution is 2.21. The Labute approximate surface area is 173 Å². The van der Waals surface area contributed by atoms with Gasteiger partial charge < -0.3 is 5.32 Å². The van der Waals surface area contributed by atoms with Crippen molar-refractivity contribution in [3.8, 4) is 0 Å². The number of nitrogens with one attached hydrogen (secondary N) is 1. The zero-order valence-electron chi connectivity index (χ0n) is 17.5. The van der Waals surface area contributed by atoms with Crippen LogP contribution in [0, 0.1) is 11.7 Å². The molecule has 29 heavy (non-hydrogen) atoms. The van der Waals surface area contributed by atoms with Crippen LogP contribution in [0.25, 0.3) is 0 Å². The molecular weight excluding hydrogens is 365 g/mol. The van der Waals surface area contributed by atoms with Crippen molar-refractivity contribution in [2.75, 3.05) is 31.5 Å². The number of anilines is 1. The molecule has 1 N–H and O–H groups in total. The summed E-state index contributed by atoms with van der Waals surface area (Å²) in [7, 11) is 0. The van der Waals surface area contributed by atoms with E-state index in [4.69, 9.17) is 0 Å². The predicted octanol–water partition coefficient (Wildman–Crippen LogP) is 4.52. The van der Waals surface area contributed by atoms with E-state index in [1.165, 1.54) is 17.7 Å². The second-order valence-electron chi connectivity index (χ2n) is 7.82. The van der Waals surface area contributed by atoms with Crippen molar-refractivity contribution in [3.05, 3.63) is 65.5 Å². The van der Waals surface area contributed by atoms with E-state index in [-0.39, 0.29) is 17.6 Å². The number of amides is 1. The van der Waals surface area contributed by atoms with E-state index in [9.17, 15) is 9.18 Å². The summed E-state index contributed by atoms with van der Waals surface area (Å²) in [6.45, 7) is 9.93. The van der Waals surface area contributed by atoms with E-state index < -0.39 is 0 Å². The summed E-state index contributed by atoms with van der Waals surface area (Å²) in [5, 5.41) is 3.08. The Hall–Kier alpha value is -2.24. The molecule has 1 saturated heterocycles. The van der Waals surface area contributed by atoms with Crippen molar-refractivity contribution >= 4 is 11.6 Å². The van der Waals surface area contributed by atoms with Gasteiger partial charge >= 0.3 is 0 Å². The molecule has 0 aromatic heterocycles. The monoisotopic (exact) mass is 397 g/mol. The molecule has 1 amide bonds. The number of hydrogen-bond donors (Lipinski definition) is 1. The molecule has 0 spiro atoms. The first-order valence-corrected chi connectivity index (χ1v) is 10.7. The quantitative estimate of drug-likeness (QED) is 0.711. The average Bonchev–Trinajstić information content (AvgIpc) is 2.75. The Morgan fingerprint density at radius 3 is 2.17 bits per heavy atom. The molecule has 5 heteroatoms. The highest BCUT2D eigenvalue weighted by Gasteiger charge is 2.25. The largest absolute Gasteiger partial charge is 0.326 e. The van der Waals surface area contributed by atoms with E-state index in [0.29, 0.717) is 0 Å². The number of nitrogens with zero attached hydrogens (tertiary/aromatic N) is 2. The van der Waals surface area contributed by atoms with Gasteiger partial charge in [0.25, 0.3) is 0 Å². The number of halogens is 1. The lowest BCUT2D eigenvalue weighted by Crippen LogP contribution is -2.37. The number of hydrogen-bond acceptors (Lipinski definition) is 3. The molecule has 0 aliphatic carbocycles. The zero-order valence-corrected chi connectivity index (χ0v) is 17.5. The number of piperidine rings is 1. The maximum absolute atomic E-state index is 13.0. The molecule has 1 aliphatic rings. The molecule has 2 aromatic carbocycles. The Balaban J connectivity index is 1.45. The van der Waals surface area contributed by atoms with E-state index in [0.717, 1.165) is 63.4 Å². The highest BCUT2D eigenvalue weighted by molar-refractivity contribution is 5.92. The van der Waals surface area contributed by atoms with Crippen molar-refractivity contribution in [1.29, 1.82) is 0 Å². The molecule has 3 rings (SSSR count). The third-order valence-electron chi connectivity index (χ3n) is 5.80. The number of rotatable bonds is 8. The fourth-order valence-corrected chi connectivity index (χ4v) is 3.84. The van der Waals surface area contributed by atoms with Gasteiger partial charge in [0.1, 0.15) is 5.82 Å². The Morgan fingerprint density at radius 2 is 1.59 bits per heavy atom. The van der Waals surface area contributed by atoms with Crippen LogP contribution in [0.15, 0.2) is 48.5 Å². The first kappa shape index (κ1) is 21.5. The third kappa shape index (κ3) is 6.38. The Bertz CT molecular complexity index is 764. The third-order valence-corrected chi connectivity index (χ3v) is 5.80. The fourth-order valence-electron chi connectivity index (χ4n) is 3.84. The van der Waals surface area contributed by atoms with Gasteiger partial charge in [-0.1, -0.05) is 38.1 Å². The van der Waals surface area contributed by atoms with Crippen LogP contribution in [0.1, 0.15) is 37.8 Å². The van der Waals surface area contributed by atoms with Crippen LogP contribution in [-0.4, -0.2) is 41.9 Å². The second-order valence-corrected chi connectivity index (χ2v) is 7.82. The molecular formula is C24H32FN3O. The van der Waals surface area contributed by atoms with Crippen LogP contribution in [-0.2, 0) is 17.9 Å². The summed E-state index contributed by atoms with van der Waals surface area (Å²) in [6.07, 6.45) is 1.71. The molecule has 0 saturated carbocycles. The van der Waals surface area contributed by atoms with E-state index >= 15 is 0 Å². The van der Waals surface area contributed by atoms with E-state index in [2.05, 4.69) is 41.1 Å². The molecule has 1 fully saturated rings. The molecule has 1 heterocycles. The van der Waals surface area contributed by atoms with Crippen molar-refractivity contribution in [1.82, 2.24) is 9.80 Å². The lowest BCUT2D eigenvalue weighted by molar-refractivity contribution is -0.121. The highest BCUT2D eigenvalue weighted by atomic mass is 19.1. The number of carbonyl (C=O) groups is 1. The SMILES string of the molecule is CCN(CC)Cc1ccc(NC(=O)C2CCN(Cc3ccc(F)cc3)CC2)cc1. The molecule has 0 bridgehead atoms. The molecule has 4 nitrogen and oxygen atoms in total. The molecule has 0 unspecified atom stereocenters. The lowest BCUT2D eigenvalue weighted by atomic mass is 9.95. The van der Waals surface area contributed by atoms with Gasteiger partial charge in [0.2, 0.25) is 5.91 Å². The topological polar surface area (TPSA) is 35.6 Å². The summed E-state index contributed by atoms with van der Waals surface area (Å²) in [6, 6.07) is 14.9. The van der Waals surface area contributed by atoms with Crippen LogP contribution in [0.5, 0.6) is 0 Å². The average molecular weight is 398 g/mol. The first-order valence-electron chi connectivity index (χ1n) is 10.7. The van der Waals surface area contributed by atoms with Gasteiger partial charge in [0, 0.05) is 24.7 Å². The molecule has 156 valence electrons. The minimum atomic E-state index is -0.204. The van der Waals surface area contributed by atoms with Gasteiger partial charge in [-0.2, -0.15) is 0 Å². The van der Waals surface area contributed by atoms with Gasteiger partial charge in [0.15, 0.2) is 0 Å². The Morgan fingerprint density at radius 1 is 1.00 bits per heavy atom. The number of benzene rings is 2. The summed E-state index contributed by atoms with van der Waals surface area (Å²) in [5.41, 5.74) is 3.24. The normalized spacial score (nSPS) is 15.6. The summed E-state index contributed by atoms with van der Waals surface area (Å²) in [4.78, 5) is 17.3. The van der Waals surface area contributed by atoms with Gasteiger partial charge in [-0.15, -0.1) is 0 Å². The predicted molar refractivity (Wildman–Crippen MR) is 116 cm³/mol. The maximum Gasteiger partial charge on any atom is 0.227 e. The lowest BCUT2D eigenvalue weighted by Gasteiger charge is -2.31. The van der Waals surface area contributed by atoms with Crippen molar-refractivity contribution in [2.24, 2.45) is 5.92 Å². The molecule has 0 atom stereocenters. The van der Waals surface area contributed by atoms with Gasteiger partial charge in [-0.25, -0.2) is 4.39 Å². The minimum absolute atomic E-state index is 0.0508. The number of carbonyl (C=O) groups excluding carboxylic acids is 1. The van der Waals surface area contributed by atoms with Gasteiger partial charge in [0.05, 0.1) is 0 Å². The maximum atomic E-state index is 13.0. The smallest absolute Gasteiger partial charge is 0.227 e. The number of likely N-dealkylation sites (tertiary alicyclic amines) is 1. The first-order chi connectivity index (χ1) is 14.1. The Kier molecular flexibility index (Phi) is 7.78. The van der Waals surface area contributed by atoms with Crippen LogP contribution in [0.3, 0.4) is 0 Å². The standard InChI is InChI=1S/C24H32FN3O/c1-3-27(4-2)17-20-7-11-23(12-8-20)26-24(29)21-13-15-28(16-14-21)18-19-5-9-22(25)10-6-19/h5-12,21H,3-4,13-18H2,1-2H3,(H,26,29). The van der Waals surface area contributed by atoms with E-state index in [1.807, 2.05) is 24.3 Å². The van der Waals surface area contributed by atoms with Crippen LogP contribution in [0.2, 0.25) is 0 Å².